The Balaban J connectivity index is 0.952. The Kier molecular flexibility index (Phi) is 19.8. The first-order valence-corrected chi connectivity index (χ1v) is 36.0. The summed E-state index contributed by atoms with van der Waals surface area (Å²) < 4.78 is 0. The van der Waals surface area contributed by atoms with E-state index in [4.69, 9.17) is 0 Å². The summed E-state index contributed by atoms with van der Waals surface area (Å²) in [6.45, 7) is 24.4. The Morgan fingerprint density at radius 1 is 0.276 bits per heavy atom. The monoisotopic (exact) mass is 1150 g/mol. The van der Waals surface area contributed by atoms with Crippen LogP contribution >= 0.6 is 90.7 Å². The Bertz CT molecular complexity index is 3970. The van der Waals surface area contributed by atoms with Crippen molar-refractivity contribution < 1.29 is 0 Å². The van der Waals surface area contributed by atoms with Gasteiger partial charge in [0.25, 0.3) is 0 Å². The molecule has 8 aromatic rings. The smallest absolute Gasteiger partial charge is 0.129 e. The highest BCUT2D eigenvalue weighted by atomic mass is 32.1. The van der Waals surface area contributed by atoms with Crippen LogP contribution in [0.3, 0.4) is 0 Å². The Morgan fingerprint density at radius 3 is 0.697 bits per heavy atom. The Labute approximate surface area is 486 Å². The molecule has 0 spiro atoms. The predicted molar refractivity (Wildman–Crippen MR) is 342 cm³/mol. The first kappa shape index (κ1) is 56.5. The average Bonchev–Trinajstić information content (AvgIpc) is 4.29. The van der Waals surface area contributed by atoms with E-state index in [1.165, 1.54) is 44.5 Å². The van der Waals surface area contributed by atoms with E-state index in [2.05, 4.69) is 223 Å². The summed E-state index contributed by atoms with van der Waals surface area (Å²) in [6, 6.07) is 17.7. The molecule has 0 radical (unpaired) electrons. The van der Waals surface area contributed by atoms with Gasteiger partial charge < -0.3 is 0 Å². The molecule has 0 aliphatic rings. The van der Waals surface area contributed by atoms with Crippen LogP contribution in [0, 0.1) is 94.4 Å². The van der Waals surface area contributed by atoms with Gasteiger partial charge in [-0.15, -0.1) is 96.2 Å². The third kappa shape index (κ3) is 14.7. The molecular formula is C67H58S8Si. The largest absolute Gasteiger partial charge is 0.135 e. The van der Waals surface area contributed by atoms with Gasteiger partial charge in [-0.1, -0.05) is 81.0 Å². The molecule has 0 amide bonds. The van der Waals surface area contributed by atoms with Gasteiger partial charge in [0.2, 0.25) is 0 Å². The zero-order valence-corrected chi connectivity index (χ0v) is 52.7. The van der Waals surface area contributed by atoms with Crippen molar-refractivity contribution in [3.63, 3.8) is 0 Å². The fourth-order valence-corrected chi connectivity index (χ4v) is 16.0. The number of thiophene rings is 8. The second-order valence-corrected chi connectivity index (χ2v) is 31.6. The average molecular weight is 1150 g/mol. The van der Waals surface area contributed by atoms with E-state index in [0.717, 1.165) is 125 Å². The molecule has 0 N–H and O–H groups in total. The molecule has 8 heterocycles. The van der Waals surface area contributed by atoms with Gasteiger partial charge in [0.1, 0.15) is 8.07 Å². The van der Waals surface area contributed by atoms with Crippen LogP contribution in [0.1, 0.15) is 173 Å². The summed E-state index contributed by atoms with van der Waals surface area (Å²) in [5.74, 6) is 52.3. The number of hydrogen-bond donors (Lipinski definition) is 0. The van der Waals surface area contributed by atoms with E-state index in [9.17, 15) is 0 Å². The third-order valence-corrected chi connectivity index (χ3v) is 20.9. The van der Waals surface area contributed by atoms with Crippen molar-refractivity contribution in [3.8, 4) is 94.4 Å². The van der Waals surface area contributed by atoms with Crippen molar-refractivity contribution in [3.05, 3.63) is 172 Å². The molecule has 0 bridgehead atoms. The summed E-state index contributed by atoms with van der Waals surface area (Å²) >= 11 is 13.6. The standard InChI is InChI=1S/C67H58S8Si/c1-12-45-34-36-68-60(45)27-20-53-38-46(13-2)61(69-53)28-21-54-39-47(14-3)62(70-54)29-22-55-40-48(15-4)63(71-55)30-23-56-41-49(16-5)64(72-56)31-24-57-42-50(17-6)65(73-57)32-25-58-43-51(18-7)66(74-58)33-26-59-44-52(19-8)67(75-59)35-37-76(9,10)11/h34,36,38-44H,12-19H2,1-11H3. The number of rotatable bonds is 8. The van der Waals surface area contributed by atoms with Crippen LogP contribution in [0.5, 0.6) is 0 Å². The molecule has 0 fully saturated rings. The van der Waals surface area contributed by atoms with Crippen LogP contribution in [0.25, 0.3) is 0 Å². The minimum absolute atomic E-state index is 0.896. The molecule has 8 aromatic heterocycles. The van der Waals surface area contributed by atoms with Gasteiger partial charge in [-0.05, 0) is 233 Å². The molecule has 0 aliphatic carbocycles. The summed E-state index contributed by atoms with van der Waals surface area (Å²) in [6.07, 6.45) is 7.41. The molecular weight excluding hydrogens is 1090 g/mol. The molecule has 76 heavy (non-hydrogen) atoms. The lowest BCUT2D eigenvalue weighted by Crippen LogP contribution is -2.16. The maximum absolute atomic E-state index is 3.53. The molecule has 9 heteroatoms. The van der Waals surface area contributed by atoms with Crippen LogP contribution in [-0.4, -0.2) is 8.07 Å². The number of aryl methyl sites for hydroxylation is 8. The van der Waals surface area contributed by atoms with Crippen molar-refractivity contribution in [2.45, 2.75) is 126 Å². The van der Waals surface area contributed by atoms with Crippen molar-refractivity contribution in [1.82, 2.24) is 0 Å². The van der Waals surface area contributed by atoms with Gasteiger partial charge >= 0.3 is 0 Å². The minimum Gasteiger partial charge on any atom is -0.135 e. The van der Waals surface area contributed by atoms with E-state index >= 15 is 0 Å². The first-order chi connectivity index (χ1) is 36.8. The molecule has 0 nitrogen and oxygen atoms in total. The summed E-state index contributed by atoms with van der Waals surface area (Å²) in [7, 11) is -1.46. The fourth-order valence-electron chi connectivity index (χ4n) is 7.81. The quantitative estimate of drug-likeness (QED) is 0.105. The normalized spacial score (nSPS) is 10.4. The van der Waals surface area contributed by atoms with Crippen LogP contribution in [-0.2, 0) is 51.4 Å². The summed E-state index contributed by atoms with van der Waals surface area (Å²) in [4.78, 5) is 16.1. The van der Waals surface area contributed by atoms with Crippen molar-refractivity contribution in [1.29, 1.82) is 0 Å². The zero-order valence-electron chi connectivity index (χ0n) is 45.1. The van der Waals surface area contributed by atoms with E-state index in [-0.39, 0.29) is 0 Å². The van der Waals surface area contributed by atoms with Gasteiger partial charge in [-0.3, -0.25) is 0 Å². The first-order valence-electron chi connectivity index (χ1n) is 25.9. The maximum Gasteiger partial charge on any atom is 0.129 e. The van der Waals surface area contributed by atoms with Gasteiger partial charge in [0.15, 0.2) is 0 Å². The van der Waals surface area contributed by atoms with Crippen LogP contribution < -0.4 is 0 Å². The summed E-state index contributed by atoms with van der Waals surface area (Å²) in [5, 5.41) is 2.13. The lowest BCUT2D eigenvalue weighted by molar-refractivity contribution is 1.15. The van der Waals surface area contributed by atoms with Crippen molar-refractivity contribution in [2.75, 3.05) is 0 Å². The highest BCUT2D eigenvalue weighted by Crippen LogP contribution is 2.30. The van der Waals surface area contributed by atoms with Gasteiger partial charge in [-0.25, -0.2) is 0 Å². The SMILES string of the molecule is CCc1ccsc1C#Cc1cc(CC)c(C#Cc2cc(CC)c(C#Cc3cc(CC)c(C#Cc4cc(CC)c(C#Cc5cc(CC)c(C#Cc6cc(CC)c(C#Cc7cc(CC)c(C#C[Si](C)(C)C)s7)s6)s5)s4)s3)s2)s1. The molecule has 0 saturated carbocycles. The third-order valence-electron chi connectivity index (χ3n) is 12.1. The molecule has 0 aromatic carbocycles. The topological polar surface area (TPSA) is 0 Å². The lowest BCUT2D eigenvalue weighted by atomic mass is 10.1. The lowest BCUT2D eigenvalue weighted by Gasteiger charge is -2.03. The molecule has 0 atom stereocenters. The number of hydrogen-bond acceptors (Lipinski definition) is 8. The molecule has 0 unspecified atom stereocenters. The van der Waals surface area contributed by atoms with E-state index < -0.39 is 8.07 Å². The van der Waals surface area contributed by atoms with E-state index in [0.29, 0.717) is 0 Å². The predicted octanol–water partition coefficient (Wildman–Crippen LogP) is 17.7. The summed E-state index contributed by atoms with van der Waals surface area (Å²) in [5.41, 5.74) is 13.6. The molecule has 0 aliphatic heterocycles. The zero-order chi connectivity index (χ0) is 53.8. The molecule has 378 valence electrons. The second-order valence-electron chi connectivity index (χ2n) is 18.6. The van der Waals surface area contributed by atoms with E-state index in [1.54, 1.807) is 90.7 Å². The van der Waals surface area contributed by atoms with Crippen LogP contribution in [0.2, 0.25) is 19.6 Å². The fraction of sp³-hybridized carbons (Fsp3) is 0.284. The maximum atomic E-state index is 3.53. The Hall–Kier alpha value is -5.70. The van der Waals surface area contributed by atoms with E-state index in [1.807, 2.05) is 0 Å². The Morgan fingerprint density at radius 2 is 0.487 bits per heavy atom. The van der Waals surface area contributed by atoms with Gasteiger partial charge in [0, 0.05) is 0 Å². The van der Waals surface area contributed by atoms with Crippen molar-refractivity contribution >= 4 is 98.8 Å². The highest BCUT2D eigenvalue weighted by molar-refractivity contribution is 7.16. The molecule has 0 saturated heterocycles. The van der Waals surface area contributed by atoms with Crippen LogP contribution in [0.15, 0.2) is 53.9 Å². The van der Waals surface area contributed by atoms with Gasteiger partial charge in [-0.2, -0.15) is 0 Å². The van der Waals surface area contributed by atoms with Crippen molar-refractivity contribution in [2.24, 2.45) is 0 Å². The second kappa shape index (κ2) is 26.6. The molecule has 8 rings (SSSR count). The van der Waals surface area contributed by atoms with Gasteiger partial charge in [0.05, 0.1) is 73.2 Å². The minimum atomic E-state index is -1.46. The highest BCUT2D eigenvalue weighted by Gasteiger charge is 2.13. The van der Waals surface area contributed by atoms with Crippen LogP contribution in [0.4, 0.5) is 0 Å².